The number of amides is 1. The zero-order valence-corrected chi connectivity index (χ0v) is 15.9. The maximum atomic E-state index is 12.6. The van der Waals surface area contributed by atoms with Crippen LogP contribution in [0.4, 0.5) is 5.82 Å². The number of anilines is 1. The molecule has 0 radical (unpaired) electrons. The van der Waals surface area contributed by atoms with Crippen LogP contribution in [0.3, 0.4) is 0 Å². The lowest BCUT2D eigenvalue weighted by Gasteiger charge is -2.09. The van der Waals surface area contributed by atoms with E-state index in [1.54, 1.807) is 25.4 Å². The molecule has 0 saturated heterocycles. The van der Waals surface area contributed by atoms with Crippen molar-refractivity contribution >= 4 is 17.4 Å². The van der Waals surface area contributed by atoms with E-state index in [2.05, 4.69) is 20.4 Å². The molecule has 1 amide bonds. The van der Waals surface area contributed by atoms with Crippen molar-refractivity contribution in [1.29, 1.82) is 0 Å². The Morgan fingerprint density at radius 3 is 2.79 bits per heavy atom. The number of hydrogen-bond acceptors (Lipinski definition) is 6. The van der Waals surface area contributed by atoms with Crippen molar-refractivity contribution in [1.82, 2.24) is 24.9 Å². The van der Waals surface area contributed by atoms with Gasteiger partial charge in [-0.1, -0.05) is 24.3 Å². The molecule has 4 aromatic rings. The van der Waals surface area contributed by atoms with Crippen LogP contribution in [0.5, 0.6) is 5.75 Å². The number of nitrogens with one attached hydrogen (secondary N) is 1. The molecule has 0 saturated carbocycles. The highest BCUT2D eigenvalue weighted by Gasteiger charge is 2.14. The molecule has 3 N–H and O–H groups in total. The minimum atomic E-state index is -0.225. The summed E-state index contributed by atoms with van der Waals surface area (Å²) in [5.41, 5.74) is 8.67. The zero-order chi connectivity index (χ0) is 20.2. The van der Waals surface area contributed by atoms with Crippen LogP contribution in [-0.4, -0.2) is 39.1 Å². The number of fused-ring (bicyclic) bond motifs is 1. The fourth-order valence-electron chi connectivity index (χ4n) is 3.07. The minimum Gasteiger partial charge on any atom is -0.496 e. The first-order chi connectivity index (χ1) is 14.2. The third kappa shape index (κ3) is 3.86. The van der Waals surface area contributed by atoms with Crippen LogP contribution < -0.4 is 15.8 Å². The van der Waals surface area contributed by atoms with Gasteiger partial charge in [0.1, 0.15) is 17.3 Å². The Balaban J connectivity index is 1.50. The molecule has 3 aromatic heterocycles. The van der Waals surface area contributed by atoms with Crippen molar-refractivity contribution in [3.8, 4) is 17.3 Å². The number of ether oxygens (including phenoxy) is 1. The van der Waals surface area contributed by atoms with Gasteiger partial charge in [-0.3, -0.25) is 9.78 Å². The predicted octanol–water partition coefficient (Wildman–Crippen LogP) is 2.35. The second-order valence-electron chi connectivity index (χ2n) is 6.41. The number of benzene rings is 1. The number of nitrogen functional groups attached to an aromatic ring is 1. The summed E-state index contributed by atoms with van der Waals surface area (Å²) in [6.45, 7) is 0.468. The Morgan fingerprint density at radius 1 is 1.17 bits per heavy atom. The molecule has 0 spiro atoms. The van der Waals surface area contributed by atoms with Crippen molar-refractivity contribution < 1.29 is 9.53 Å². The third-order valence-electron chi connectivity index (χ3n) is 4.49. The zero-order valence-electron chi connectivity index (χ0n) is 15.9. The fraction of sp³-hybridized carbons (Fsp3) is 0.143. The number of para-hydroxylation sites is 1. The van der Waals surface area contributed by atoms with E-state index in [0.29, 0.717) is 41.5 Å². The molecule has 8 heteroatoms. The lowest BCUT2D eigenvalue weighted by atomic mass is 10.1. The van der Waals surface area contributed by atoms with Gasteiger partial charge < -0.3 is 15.8 Å². The van der Waals surface area contributed by atoms with E-state index in [1.165, 1.54) is 4.52 Å². The summed E-state index contributed by atoms with van der Waals surface area (Å²) in [4.78, 5) is 21.3. The molecular formula is C21H20N6O2. The smallest absolute Gasteiger partial charge is 0.251 e. The van der Waals surface area contributed by atoms with Crippen LogP contribution in [-0.2, 0) is 6.42 Å². The van der Waals surface area contributed by atoms with E-state index in [4.69, 9.17) is 10.5 Å². The number of carbonyl (C=O) groups excluding carboxylic acids is 1. The first kappa shape index (κ1) is 18.4. The number of nitrogens with zero attached hydrogens (tertiary/aromatic N) is 4. The van der Waals surface area contributed by atoms with Crippen LogP contribution in [0.25, 0.3) is 17.2 Å². The molecule has 0 aliphatic rings. The van der Waals surface area contributed by atoms with Crippen LogP contribution >= 0.6 is 0 Å². The number of hydrogen-bond donors (Lipinski definition) is 2. The van der Waals surface area contributed by atoms with Crippen LogP contribution in [0.15, 0.2) is 60.8 Å². The second-order valence-corrected chi connectivity index (χ2v) is 6.41. The lowest BCUT2D eigenvalue weighted by Crippen LogP contribution is -2.26. The van der Waals surface area contributed by atoms with Gasteiger partial charge in [-0.2, -0.15) is 4.52 Å². The number of carbonyl (C=O) groups is 1. The van der Waals surface area contributed by atoms with Gasteiger partial charge in [-0.25, -0.2) is 4.98 Å². The molecule has 1 aromatic carbocycles. The van der Waals surface area contributed by atoms with Crippen molar-refractivity contribution in [2.75, 3.05) is 19.4 Å². The van der Waals surface area contributed by atoms with Crippen molar-refractivity contribution in [2.24, 2.45) is 0 Å². The van der Waals surface area contributed by atoms with Gasteiger partial charge in [-0.15, -0.1) is 5.10 Å². The molecule has 146 valence electrons. The summed E-state index contributed by atoms with van der Waals surface area (Å²) in [6.07, 6.45) is 2.33. The molecular weight excluding hydrogens is 368 g/mol. The Kier molecular flexibility index (Phi) is 5.07. The fourth-order valence-corrected chi connectivity index (χ4v) is 3.07. The van der Waals surface area contributed by atoms with Gasteiger partial charge in [0, 0.05) is 18.3 Å². The SMILES string of the molecule is COc1ccccc1CCNC(=O)c1cc(N)n2nc(-c3ccccn3)nc2c1. The highest BCUT2D eigenvalue weighted by Crippen LogP contribution is 2.19. The summed E-state index contributed by atoms with van der Waals surface area (Å²) in [5, 5.41) is 7.29. The number of methoxy groups -OCH3 is 1. The number of nitrogens with two attached hydrogens (primary N) is 1. The third-order valence-corrected chi connectivity index (χ3v) is 4.49. The van der Waals surface area contributed by atoms with E-state index >= 15 is 0 Å². The Bertz CT molecular complexity index is 1160. The summed E-state index contributed by atoms with van der Waals surface area (Å²) >= 11 is 0. The highest BCUT2D eigenvalue weighted by molar-refractivity contribution is 5.96. The highest BCUT2D eigenvalue weighted by atomic mass is 16.5. The lowest BCUT2D eigenvalue weighted by molar-refractivity contribution is 0.0954. The molecule has 29 heavy (non-hydrogen) atoms. The van der Waals surface area contributed by atoms with Crippen molar-refractivity contribution in [3.63, 3.8) is 0 Å². The number of pyridine rings is 2. The largest absolute Gasteiger partial charge is 0.496 e. The normalized spacial score (nSPS) is 10.8. The maximum Gasteiger partial charge on any atom is 0.251 e. The average molecular weight is 388 g/mol. The minimum absolute atomic E-state index is 0.225. The first-order valence-corrected chi connectivity index (χ1v) is 9.13. The van der Waals surface area contributed by atoms with Crippen molar-refractivity contribution in [2.45, 2.75) is 6.42 Å². The summed E-state index contributed by atoms with van der Waals surface area (Å²) in [6, 6.07) is 16.5. The Morgan fingerprint density at radius 2 is 2.00 bits per heavy atom. The molecule has 8 nitrogen and oxygen atoms in total. The monoisotopic (exact) mass is 388 g/mol. The van der Waals surface area contributed by atoms with E-state index in [9.17, 15) is 4.79 Å². The Hall–Kier alpha value is -3.94. The first-order valence-electron chi connectivity index (χ1n) is 9.13. The molecule has 0 unspecified atom stereocenters. The van der Waals surface area contributed by atoms with E-state index in [-0.39, 0.29) is 5.91 Å². The predicted molar refractivity (Wildman–Crippen MR) is 110 cm³/mol. The maximum absolute atomic E-state index is 12.6. The van der Waals surface area contributed by atoms with E-state index in [0.717, 1.165) is 11.3 Å². The second kappa shape index (κ2) is 7.97. The summed E-state index contributed by atoms with van der Waals surface area (Å²) in [7, 11) is 1.63. The van der Waals surface area contributed by atoms with Crippen LogP contribution in [0.1, 0.15) is 15.9 Å². The molecule has 0 fully saturated rings. The van der Waals surface area contributed by atoms with Gasteiger partial charge >= 0.3 is 0 Å². The summed E-state index contributed by atoms with van der Waals surface area (Å²) < 4.78 is 6.83. The Labute approximate surface area is 167 Å². The van der Waals surface area contributed by atoms with E-state index < -0.39 is 0 Å². The topological polar surface area (TPSA) is 107 Å². The van der Waals surface area contributed by atoms with Gasteiger partial charge in [0.2, 0.25) is 5.82 Å². The van der Waals surface area contributed by atoms with E-state index in [1.807, 2.05) is 42.5 Å². The molecule has 4 rings (SSSR count). The summed E-state index contributed by atoms with van der Waals surface area (Å²) in [5.74, 6) is 1.35. The molecule has 0 atom stereocenters. The van der Waals surface area contributed by atoms with Gasteiger partial charge in [0.25, 0.3) is 5.91 Å². The number of aromatic nitrogens is 4. The standard InChI is InChI=1S/C21H20N6O2/c1-29-17-8-3-2-6-14(17)9-11-24-21(28)15-12-18(22)27-19(13-15)25-20(26-27)16-7-4-5-10-23-16/h2-8,10,12-13H,9,11,22H2,1H3,(H,24,28). The quantitative estimate of drug-likeness (QED) is 0.525. The van der Waals surface area contributed by atoms with Crippen molar-refractivity contribution in [3.05, 3.63) is 71.9 Å². The van der Waals surface area contributed by atoms with Crippen LogP contribution in [0.2, 0.25) is 0 Å². The molecule has 0 aliphatic carbocycles. The van der Waals surface area contributed by atoms with Gasteiger partial charge in [0.15, 0.2) is 5.65 Å². The molecule has 0 bridgehead atoms. The van der Waals surface area contributed by atoms with Gasteiger partial charge in [-0.05, 0) is 42.3 Å². The molecule has 3 heterocycles. The average Bonchev–Trinajstić information content (AvgIpc) is 3.19. The number of rotatable bonds is 6. The van der Waals surface area contributed by atoms with Crippen LogP contribution in [0, 0.1) is 0 Å². The molecule has 0 aliphatic heterocycles. The van der Waals surface area contributed by atoms with Gasteiger partial charge in [0.05, 0.1) is 7.11 Å².